The molecule has 1 aliphatic rings. The van der Waals surface area contributed by atoms with Crippen LogP contribution in [0.15, 0.2) is 36.5 Å². The van der Waals surface area contributed by atoms with E-state index in [2.05, 4.69) is 4.98 Å². The fourth-order valence-corrected chi connectivity index (χ4v) is 4.61. The van der Waals surface area contributed by atoms with Gasteiger partial charge in [-0.15, -0.1) is 0 Å². The van der Waals surface area contributed by atoms with Crippen molar-refractivity contribution >= 4 is 11.8 Å². The number of nitrogens with zero attached hydrogens (tertiary/aromatic N) is 1. The van der Waals surface area contributed by atoms with Gasteiger partial charge in [0.25, 0.3) is 0 Å². The normalized spacial score (nSPS) is 15.7. The Kier molecular flexibility index (Phi) is 7.07. The highest BCUT2D eigenvalue weighted by molar-refractivity contribution is 5.98. The van der Waals surface area contributed by atoms with Crippen LogP contribution in [0.1, 0.15) is 74.8 Å². The lowest BCUT2D eigenvalue weighted by molar-refractivity contribution is -0.141. The van der Waals surface area contributed by atoms with Gasteiger partial charge in [0.05, 0.1) is 37.0 Å². The number of hydrogen-bond acceptors (Lipinski definition) is 8. The summed E-state index contributed by atoms with van der Waals surface area (Å²) >= 11 is 0. The van der Waals surface area contributed by atoms with E-state index in [0.717, 1.165) is 31.4 Å². The molecular weight excluding hydrogens is 507 g/mol. The van der Waals surface area contributed by atoms with Gasteiger partial charge < -0.3 is 24.8 Å². The zero-order chi connectivity index (χ0) is 27.9. The number of rotatable bonds is 6. The molecule has 0 amide bonds. The van der Waals surface area contributed by atoms with Crippen LogP contribution in [0.3, 0.4) is 0 Å². The van der Waals surface area contributed by atoms with Crippen LogP contribution in [0.4, 0.5) is 13.2 Å². The van der Waals surface area contributed by atoms with Crippen molar-refractivity contribution in [1.29, 1.82) is 0 Å². The molecule has 1 aromatic heterocycles. The maximum Gasteiger partial charge on any atom is 0.416 e. The Morgan fingerprint density at radius 3 is 2.37 bits per heavy atom. The number of Topliss-reactive ketones (excluding diaryl/α,β-unsaturated/α-hetero) is 1. The topological polar surface area (TPSA) is 126 Å². The van der Waals surface area contributed by atoms with Crippen molar-refractivity contribution in [3.63, 3.8) is 0 Å². The number of halogens is 3. The highest BCUT2D eigenvalue weighted by atomic mass is 19.4. The first-order valence-corrected chi connectivity index (χ1v) is 11.5. The summed E-state index contributed by atoms with van der Waals surface area (Å²) in [5.41, 5.74) is -0.0703. The third kappa shape index (κ3) is 4.76. The summed E-state index contributed by atoms with van der Waals surface area (Å²) in [6.07, 6.45) is -4.63. The van der Waals surface area contributed by atoms with E-state index in [1.54, 1.807) is 6.92 Å². The molecule has 38 heavy (non-hydrogen) atoms. The number of phenolic OH excluding ortho intramolecular Hbond substituents is 2. The Morgan fingerprint density at radius 1 is 1.13 bits per heavy atom. The van der Waals surface area contributed by atoms with Gasteiger partial charge in [-0.1, -0.05) is 12.1 Å². The predicted octanol–water partition coefficient (Wildman–Crippen LogP) is 5.04. The molecule has 11 heteroatoms. The zero-order valence-corrected chi connectivity index (χ0v) is 20.6. The van der Waals surface area contributed by atoms with E-state index in [1.807, 2.05) is 0 Å². The summed E-state index contributed by atoms with van der Waals surface area (Å²) < 4.78 is 50.0. The predicted molar refractivity (Wildman–Crippen MR) is 127 cm³/mol. The molecule has 0 saturated carbocycles. The number of aromatic nitrogens is 1. The zero-order valence-electron chi connectivity index (χ0n) is 20.6. The summed E-state index contributed by atoms with van der Waals surface area (Å²) in [5.74, 6) is -3.91. The number of esters is 1. The van der Waals surface area contributed by atoms with Gasteiger partial charge in [-0.25, -0.2) is 0 Å². The number of fused-ring (bicyclic) bond motifs is 1. The highest BCUT2D eigenvalue weighted by Gasteiger charge is 2.37. The van der Waals surface area contributed by atoms with Crippen molar-refractivity contribution in [2.45, 2.75) is 45.1 Å². The summed E-state index contributed by atoms with van der Waals surface area (Å²) in [6.45, 7) is 2.80. The maximum atomic E-state index is 13.2. The third-order valence-electron chi connectivity index (χ3n) is 6.61. The van der Waals surface area contributed by atoms with E-state index in [4.69, 9.17) is 9.47 Å². The van der Waals surface area contributed by atoms with Crippen molar-refractivity contribution in [3.8, 4) is 17.2 Å². The van der Waals surface area contributed by atoms with Crippen LogP contribution in [0, 0.1) is 6.92 Å². The van der Waals surface area contributed by atoms with Crippen LogP contribution >= 0.6 is 0 Å². The molecular formula is C27H24F3NO7. The van der Waals surface area contributed by atoms with Crippen LogP contribution in [-0.4, -0.2) is 39.2 Å². The van der Waals surface area contributed by atoms with Crippen molar-refractivity contribution < 1.29 is 47.6 Å². The third-order valence-corrected chi connectivity index (χ3v) is 6.61. The van der Waals surface area contributed by atoms with Gasteiger partial charge in [0.2, 0.25) is 0 Å². The molecule has 1 aliphatic heterocycles. The number of aryl methyl sites for hydroxylation is 1. The van der Waals surface area contributed by atoms with Crippen LogP contribution < -0.4 is 0 Å². The molecule has 3 aromatic rings. The number of methoxy groups -OCH3 is 1. The van der Waals surface area contributed by atoms with Crippen LogP contribution in [0.2, 0.25) is 0 Å². The van der Waals surface area contributed by atoms with E-state index in [1.165, 1.54) is 19.2 Å². The highest BCUT2D eigenvalue weighted by Crippen LogP contribution is 2.50. The maximum absolute atomic E-state index is 13.2. The minimum absolute atomic E-state index is 0.0180. The van der Waals surface area contributed by atoms with Crippen molar-refractivity contribution in [1.82, 2.24) is 4.98 Å². The van der Waals surface area contributed by atoms with Gasteiger partial charge >= 0.3 is 12.1 Å². The number of phenols is 2. The Labute approximate surface area is 215 Å². The first kappa shape index (κ1) is 26.9. The molecule has 3 N–H and O–H groups in total. The molecule has 0 aliphatic carbocycles. The Balaban J connectivity index is 1.96. The fraction of sp³-hybridized carbons (Fsp3) is 0.296. The average molecular weight is 531 g/mol. The molecule has 2 heterocycles. The van der Waals surface area contributed by atoms with Gasteiger partial charge in [0.15, 0.2) is 5.78 Å². The lowest BCUT2D eigenvalue weighted by Crippen LogP contribution is -2.14. The number of alkyl halides is 3. The van der Waals surface area contributed by atoms with Gasteiger partial charge in [-0.05, 0) is 37.6 Å². The molecule has 0 spiro atoms. The van der Waals surface area contributed by atoms with Crippen molar-refractivity contribution in [3.05, 3.63) is 81.2 Å². The number of pyridine rings is 1. The SMILES string of the molecule is COC(=O)C[C@H](c1ccc(C(F)(F)F)cc1)c1c(O)c(C(C)=O)cc([C@@H]2OCc3cnc(C)c(O)c32)c1O. The molecule has 4 rings (SSSR count). The van der Waals surface area contributed by atoms with Gasteiger partial charge in [-0.3, -0.25) is 14.6 Å². The number of ether oxygens (including phenoxy) is 2. The molecule has 2 atom stereocenters. The quantitative estimate of drug-likeness (QED) is 0.298. The van der Waals surface area contributed by atoms with E-state index in [-0.39, 0.29) is 34.6 Å². The van der Waals surface area contributed by atoms with Crippen molar-refractivity contribution in [2.75, 3.05) is 7.11 Å². The fourth-order valence-electron chi connectivity index (χ4n) is 4.61. The lowest BCUT2D eigenvalue weighted by atomic mass is 9.82. The molecule has 0 bridgehead atoms. The summed E-state index contributed by atoms with van der Waals surface area (Å²) in [4.78, 5) is 28.9. The Bertz CT molecular complexity index is 1420. The van der Waals surface area contributed by atoms with Gasteiger partial charge in [0.1, 0.15) is 23.4 Å². The monoisotopic (exact) mass is 531 g/mol. The van der Waals surface area contributed by atoms with Gasteiger partial charge in [0, 0.05) is 34.4 Å². The van der Waals surface area contributed by atoms with Crippen LogP contribution in [0.25, 0.3) is 0 Å². The number of carbonyl (C=O) groups excluding carboxylic acids is 2. The molecule has 2 aromatic carbocycles. The number of aromatic hydroxyl groups is 3. The molecule has 0 saturated heterocycles. The summed E-state index contributed by atoms with van der Waals surface area (Å²) in [7, 11) is 1.12. The second-order valence-corrected chi connectivity index (χ2v) is 8.96. The first-order valence-electron chi connectivity index (χ1n) is 11.5. The lowest BCUT2D eigenvalue weighted by Gasteiger charge is -2.25. The van der Waals surface area contributed by atoms with E-state index < -0.39 is 53.4 Å². The standard InChI is InChI=1S/C27H24F3NO7/c1-12-23(34)21-15(10-31-12)11-38-26(21)19-8-17(13(2)32)24(35)22(25(19)36)18(9-20(33)37-3)14-4-6-16(7-5-14)27(28,29)30/h4-8,10,18,26,34-36H,9,11H2,1-3H3/t18-,26+/m1/s1. The number of benzene rings is 2. The van der Waals surface area contributed by atoms with Crippen LogP contribution in [-0.2, 0) is 27.1 Å². The smallest absolute Gasteiger partial charge is 0.416 e. The summed E-state index contributed by atoms with van der Waals surface area (Å²) in [5, 5.41) is 33.2. The van der Waals surface area contributed by atoms with Crippen molar-refractivity contribution in [2.24, 2.45) is 0 Å². The van der Waals surface area contributed by atoms with E-state index in [9.17, 15) is 38.1 Å². The second kappa shape index (κ2) is 9.97. The number of carbonyl (C=O) groups is 2. The Morgan fingerprint density at radius 2 is 1.79 bits per heavy atom. The van der Waals surface area contributed by atoms with Gasteiger partial charge in [-0.2, -0.15) is 13.2 Å². The minimum atomic E-state index is -4.61. The molecule has 8 nitrogen and oxygen atoms in total. The molecule has 0 unspecified atom stereocenters. The molecule has 0 radical (unpaired) electrons. The summed E-state index contributed by atoms with van der Waals surface area (Å²) in [6, 6.07) is 5.10. The van der Waals surface area contributed by atoms with E-state index in [0.29, 0.717) is 16.8 Å². The minimum Gasteiger partial charge on any atom is -0.507 e. The number of hydrogen-bond donors (Lipinski definition) is 3. The number of ketones is 1. The average Bonchev–Trinajstić information content (AvgIpc) is 3.29. The largest absolute Gasteiger partial charge is 0.507 e. The first-order chi connectivity index (χ1) is 17.8. The molecule has 0 fully saturated rings. The Hall–Kier alpha value is -4.12. The van der Waals surface area contributed by atoms with E-state index >= 15 is 0 Å². The van der Waals surface area contributed by atoms with Crippen LogP contribution in [0.5, 0.6) is 17.2 Å². The second-order valence-electron chi connectivity index (χ2n) is 8.96. The molecule has 200 valence electrons.